The van der Waals surface area contributed by atoms with Crippen LogP contribution in [-0.2, 0) is 4.79 Å². The van der Waals surface area contributed by atoms with Crippen LogP contribution in [0.5, 0.6) is 0 Å². The van der Waals surface area contributed by atoms with Crippen molar-refractivity contribution in [3.05, 3.63) is 10.4 Å². The number of carboxylic acid groups (broad SMARTS) is 1. The normalized spacial score (nSPS) is 17.5. The minimum atomic E-state index is -2.80. The van der Waals surface area contributed by atoms with E-state index >= 15 is 0 Å². The van der Waals surface area contributed by atoms with E-state index in [9.17, 15) is 15.2 Å². The molecule has 0 aliphatic rings. The van der Waals surface area contributed by atoms with Gasteiger partial charge in [-0.25, -0.2) is 4.79 Å². The monoisotopic (exact) mass is 208 g/mol. The van der Waals surface area contributed by atoms with Gasteiger partial charge in [0.1, 0.15) is 0 Å². The highest BCUT2D eigenvalue weighted by Crippen LogP contribution is 2.17. The van der Waals surface area contributed by atoms with Crippen molar-refractivity contribution in [2.24, 2.45) is 10.6 Å². The van der Waals surface area contributed by atoms with E-state index in [0.29, 0.717) is 0 Å². The van der Waals surface area contributed by atoms with Crippen molar-refractivity contribution in [3.8, 4) is 0 Å². The highest BCUT2D eigenvalue weighted by Gasteiger charge is 2.60. The molecular formula is C4H8N4O6. The standard InChI is InChI=1S/C4H8N4O6/c1-2-4(3(9)10,7(13)5-11)8(14)6-12/h11-12H,2H2,1H3,(H,9,10). The molecule has 0 spiro atoms. The van der Waals surface area contributed by atoms with Gasteiger partial charge in [-0.05, 0) is 0 Å². The Morgan fingerprint density at radius 3 is 1.86 bits per heavy atom. The van der Waals surface area contributed by atoms with Crippen LogP contribution in [0.15, 0.2) is 10.6 Å². The largest absolute Gasteiger partial charge is 0.591 e. The lowest BCUT2D eigenvalue weighted by atomic mass is 10.1. The van der Waals surface area contributed by atoms with Crippen molar-refractivity contribution in [2.45, 2.75) is 19.0 Å². The fraction of sp³-hybridized carbons (Fsp3) is 0.750. The van der Waals surface area contributed by atoms with Crippen LogP contribution in [0.1, 0.15) is 13.3 Å². The Morgan fingerprint density at radius 2 is 1.71 bits per heavy atom. The van der Waals surface area contributed by atoms with Gasteiger partial charge in [0.2, 0.25) is 10.6 Å². The maximum absolute atomic E-state index is 10.8. The number of aliphatic carboxylic acids is 1. The molecule has 0 unspecified atom stereocenters. The summed E-state index contributed by atoms with van der Waals surface area (Å²) < 4.78 is 0. The Hall–Kier alpha value is -2.13. The number of carbonyl (C=O) groups is 1. The summed E-state index contributed by atoms with van der Waals surface area (Å²) in [4.78, 5) is 9.10. The van der Waals surface area contributed by atoms with Crippen LogP contribution in [-0.4, -0.2) is 36.9 Å². The third-order valence-electron chi connectivity index (χ3n) is 1.63. The van der Waals surface area contributed by atoms with Crippen LogP contribution in [0.25, 0.3) is 0 Å². The molecule has 0 aliphatic carbocycles. The summed E-state index contributed by atoms with van der Waals surface area (Å²) in [6.07, 6.45) is -0.552. The Bertz CT molecular complexity index is 268. The molecule has 14 heavy (non-hydrogen) atoms. The number of hydroxylamine groups is 2. The highest BCUT2D eigenvalue weighted by molar-refractivity contribution is 5.74. The number of nitrogens with zero attached hydrogens (tertiary/aromatic N) is 4. The molecule has 0 heterocycles. The molecule has 0 aliphatic heterocycles. The lowest BCUT2D eigenvalue weighted by molar-refractivity contribution is -0.829. The van der Waals surface area contributed by atoms with Gasteiger partial charge in [0, 0.05) is 9.72 Å². The molecule has 10 heteroatoms. The summed E-state index contributed by atoms with van der Waals surface area (Å²) in [5.74, 6) is -1.90. The molecule has 0 fully saturated rings. The molecule has 0 aromatic heterocycles. The van der Waals surface area contributed by atoms with Gasteiger partial charge in [0.25, 0.3) is 0 Å². The molecule has 0 amide bonds. The van der Waals surface area contributed by atoms with Crippen molar-refractivity contribution in [3.63, 3.8) is 0 Å². The second-order valence-electron chi connectivity index (χ2n) is 2.20. The first-order valence-corrected chi connectivity index (χ1v) is 3.35. The SMILES string of the molecule is CCC(C(=O)O)([N+]([O-])=NO)[N+]([O-])=NO. The predicted octanol–water partition coefficient (Wildman–Crippen LogP) is -0.119. The maximum atomic E-state index is 10.8. The second kappa shape index (κ2) is 4.20. The van der Waals surface area contributed by atoms with Crippen LogP contribution < -0.4 is 0 Å². The Balaban J connectivity index is 5.55. The summed E-state index contributed by atoms with van der Waals surface area (Å²) in [7, 11) is 0. The molecule has 10 nitrogen and oxygen atoms in total. The number of rotatable bonds is 4. The zero-order valence-electron chi connectivity index (χ0n) is 7.06. The highest BCUT2D eigenvalue weighted by atomic mass is 16.6. The molecule has 0 aromatic carbocycles. The van der Waals surface area contributed by atoms with Crippen LogP contribution in [0, 0.1) is 10.4 Å². The van der Waals surface area contributed by atoms with E-state index in [2.05, 4.69) is 0 Å². The first kappa shape index (κ1) is 11.9. The molecule has 0 radical (unpaired) electrons. The molecule has 0 aromatic rings. The second-order valence-corrected chi connectivity index (χ2v) is 2.20. The Kier molecular flexibility index (Phi) is 3.56. The predicted molar refractivity (Wildman–Crippen MR) is 36.3 cm³/mol. The Morgan fingerprint density at radius 1 is 1.36 bits per heavy atom. The topological polar surface area (TPSA) is 155 Å². The van der Waals surface area contributed by atoms with Crippen molar-refractivity contribution < 1.29 is 30.0 Å². The van der Waals surface area contributed by atoms with Gasteiger partial charge in [-0.3, -0.25) is 0 Å². The first-order chi connectivity index (χ1) is 6.47. The minimum absolute atomic E-state index is 0.552. The number of hydrogen-bond acceptors (Lipinski definition) is 5. The molecular weight excluding hydrogens is 200 g/mol. The van der Waals surface area contributed by atoms with Crippen LogP contribution in [0.4, 0.5) is 0 Å². The minimum Gasteiger partial charge on any atom is -0.591 e. The Labute approximate surface area is 77.1 Å². The average Bonchev–Trinajstić information content (AvgIpc) is 2.18. The van der Waals surface area contributed by atoms with E-state index in [1.54, 1.807) is 0 Å². The number of carboxylic acids is 1. The quantitative estimate of drug-likeness (QED) is 0.253. The molecule has 0 bridgehead atoms. The fourth-order valence-electron chi connectivity index (χ4n) is 0.807. The van der Waals surface area contributed by atoms with E-state index in [0.717, 1.165) is 0 Å². The van der Waals surface area contributed by atoms with Gasteiger partial charge in [-0.15, -0.1) is 0 Å². The van der Waals surface area contributed by atoms with Gasteiger partial charge in [-0.2, -0.15) is 0 Å². The van der Waals surface area contributed by atoms with Crippen LogP contribution in [0.3, 0.4) is 0 Å². The van der Waals surface area contributed by atoms with Gasteiger partial charge in [0.05, 0.1) is 6.42 Å². The molecule has 0 saturated carbocycles. The van der Waals surface area contributed by atoms with E-state index in [1.165, 1.54) is 6.92 Å². The first-order valence-electron chi connectivity index (χ1n) is 3.35. The molecule has 80 valence electrons. The average molecular weight is 208 g/mol. The maximum Gasteiger partial charge on any atom is 0.520 e. The molecule has 0 atom stereocenters. The van der Waals surface area contributed by atoms with Crippen LogP contribution in [0.2, 0.25) is 0 Å². The fourth-order valence-corrected chi connectivity index (χ4v) is 0.807. The van der Waals surface area contributed by atoms with Crippen molar-refractivity contribution in [1.29, 1.82) is 0 Å². The third-order valence-corrected chi connectivity index (χ3v) is 1.63. The van der Waals surface area contributed by atoms with Crippen LogP contribution >= 0.6 is 0 Å². The molecule has 0 saturated heterocycles. The third kappa shape index (κ3) is 1.48. The number of hydrogen-bond donors (Lipinski definition) is 3. The van der Waals surface area contributed by atoms with Crippen molar-refractivity contribution >= 4 is 5.97 Å². The van der Waals surface area contributed by atoms with Gasteiger partial charge in [0.15, 0.2) is 0 Å². The summed E-state index contributed by atoms with van der Waals surface area (Å²) in [5.41, 5.74) is -2.80. The molecule has 0 rings (SSSR count). The molecule has 3 N–H and O–H groups in total. The van der Waals surface area contributed by atoms with E-state index in [-0.39, 0.29) is 0 Å². The zero-order valence-corrected chi connectivity index (χ0v) is 7.06. The van der Waals surface area contributed by atoms with Gasteiger partial charge >= 0.3 is 11.6 Å². The summed E-state index contributed by atoms with van der Waals surface area (Å²) in [6, 6.07) is 0. The van der Waals surface area contributed by atoms with E-state index in [1.807, 2.05) is 10.6 Å². The lowest BCUT2D eigenvalue weighted by Gasteiger charge is -2.16. The zero-order chi connectivity index (χ0) is 11.4. The van der Waals surface area contributed by atoms with E-state index in [4.69, 9.17) is 15.5 Å². The summed E-state index contributed by atoms with van der Waals surface area (Å²) in [5, 5.41) is 50.4. The van der Waals surface area contributed by atoms with Crippen molar-refractivity contribution in [2.75, 3.05) is 0 Å². The summed E-state index contributed by atoms with van der Waals surface area (Å²) >= 11 is 0. The van der Waals surface area contributed by atoms with Gasteiger partial charge < -0.3 is 25.9 Å². The van der Waals surface area contributed by atoms with E-state index < -0.39 is 27.8 Å². The lowest BCUT2D eigenvalue weighted by Crippen LogP contribution is -2.53. The smallest absolute Gasteiger partial charge is 0.520 e. The van der Waals surface area contributed by atoms with Crippen molar-refractivity contribution in [1.82, 2.24) is 0 Å². The van der Waals surface area contributed by atoms with Gasteiger partial charge in [-0.1, -0.05) is 6.92 Å². The summed E-state index contributed by atoms with van der Waals surface area (Å²) in [6.45, 7) is 1.17.